The molecule has 0 aliphatic carbocycles. The van der Waals surface area contributed by atoms with Gasteiger partial charge in [0.05, 0.1) is 0 Å². The highest BCUT2D eigenvalue weighted by molar-refractivity contribution is 7.86. The fourth-order valence-electron chi connectivity index (χ4n) is 2.85. The van der Waals surface area contributed by atoms with Crippen LogP contribution in [0.2, 0.25) is 0 Å². The van der Waals surface area contributed by atoms with Gasteiger partial charge in [0.15, 0.2) is 0 Å². The summed E-state index contributed by atoms with van der Waals surface area (Å²) in [5.74, 6) is 1.03. The minimum atomic E-state index is -3.34. The summed E-state index contributed by atoms with van der Waals surface area (Å²) in [5.41, 5.74) is 0. The van der Waals surface area contributed by atoms with E-state index in [1.165, 1.54) is 0 Å². The first kappa shape index (κ1) is 19.9. The van der Waals surface area contributed by atoms with Gasteiger partial charge in [-0.1, -0.05) is 27.7 Å². The highest BCUT2D eigenvalue weighted by Gasteiger charge is 2.37. The Morgan fingerprint density at radius 1 is 1.14 bits per heavy atom. The molecule has 132 valence electrons. The van der Waals surface area contributed by atoms with Gasteiger partial charge in [0.2, 0.25) is 0 Å². The third kappa shape index (κ3) is 5.80. The fourth-order valence-corrected chi connectivity index (χ4v) is 4.73. The predicted octanol–water partition coefficient (Wildman–Crippen LogP) is 2.31. The molecule has 1 rings (SSSR count). The molecule has 0 spiro atoms. The first-order chi connectivity index (χ1) is 10.3. The summed E-state index contributed by atoms with van der Waals surface area (Å²) in [6.45, 7) is 11.3. The molecule has 0 radical (unpaired) electrons. The summed E-state index contributed by atoms with van der Waals surface area (Å²) in [6.07, 6.45) is 3.76. The maximum absolute atomic E-state index is 13.1. The van der Waals surface area contributed by atoms with Gasteiger partial charge in [0.1, 0.15) is 0 Å². The van der Waals surface area contributed by atoms with Crippen molar-refractivity contribution in [3.05, 3.63) is 0 Å². The third-order valence-electron chi connectivity index (χ3n) is 4.30. The molecule has 1 aliphatic heterocycles. The lowest BCUT2D eigenvalue weighted by Crippen LogP contribution is -2.49. The second-order valence-corrected chi connectivity index (χ2v) is 9.12. The number of likely N-dealkylation sites (N-methyl/N-ethyl adjacent to an activating group) is 1. The van der Waals surface area contributed by atoms with Crippen molar-refractivity contribution in [1.29, 1.82) is 0 Å². The largest absolute Gasteiger partial charge is 0.318 e. The zero-order valence-electron chi connectivity index (χ0n) is 15.0. The van der Waals surface area contributed by atoms with Crippen LogP contribution in [0.4, 0.5) is 0 Å². The molecule has 0 amide bonds. The molecule has 1 saturated heterocycles. The van der Waals surface area contributed by atoms with Crippen molar-refractivity contribution >= 4 is 10.2 Å². The van der Waals surface area contributed by atoms with Gasteiger partial charge in [0.25, 0.3) is 10.2 Å². The van der Waals surface area contributed by atoms with E-state index in [2.05, 4.69) is 33.0 Å². The minimum Gasteiger partial charge on any atom is -0.318 e. The maximum Gasteiger partial charge on any atom is 0.282 e. The quantitative estimate of drug-likeness (QED) is 0.667. The Kier molecular flexibility index (Phi) is 8.32. The molecule has 1 N–H and O–H groups in total. The van der Waals surface area contributed by atoms with Crippen molar-refractivity contribution in [1.82, 2.24) is 13.9 Å². The van der Waals surface area contributed by atoms with Crippen LogP contribution in [0.1, 0.15) is 53.4 Å². The smallest absolute Gasteiger partial charge is 0.282 e. The van der Waals surface area contributed by atoms with Crippen LogP contribution in [0.3, 0.4) is 0 Å². The molecule has 0 aromatic carbocycles. The van der Waals surface area contributed by atoms with Crippen molar-refractivity contribution < 1.29 is 8.42 Å². The average molecular weight is 334 g/mol. The van der Waals surface area contributed by atoms with E-state index < -0.39 is 10.2 Å². The van der Waals surface area contributed by atoms with E-state index in [1.54, 1.807) is 8.61 Å². The topological polar surface area (TPSA) is 52.7 Å². The maximum atomic E-state index is 13.1. The lowest BCUT2D eigenvalue weighted by Gasteiger charge is -2.31. The monoisotopic (exact) mass is 333 g/mol. The number of nitrogens with one attached hydrogen (secondary N) is 1. The van der Waals surface area contributed by atoms with E-state index in [0.29, 0.717) is 31.5 Å². The summed E-state index contributed by atoms with van der Waals surface area (Å²) in [7, 11) is -1.45. The lowest BCUT2D eigenvalue weighted by atomic mass is 10.1. The van der Waals surface area contributed by atoms with Gasteiger partial charge in [-0.15, -0.1) is 0 Å². The molecule has 6 heteroatoms. The van der Waals surface area contributed by atoms with Crippen molar-refractivity contribution in [2.75, 3.05) is 33.2 Å². The van der Waals surface area contributed by atoms with Crippen LogP contribution >= 0.6 is 0 Å². The van der Waals surface area contributed by atoms with Gasteiger partial charge in [-0.25, -0.2) is 0 Å². The SMILES string of the molecule is CNCC1CCCN1S(=O)(=O)N(CCC(C)C)CCC(C)C. The lowest BCUT2D eigenvalue weighted by molar-refractivity contribution is 0.301. The van der Waals surface area contributed by atoms with E-state index >= 15 is 0 Å². The van der Waals surface area contributed by atoms with Crippen LogP contribution in [0, 0.1) is 11.8 Å². The number of nitrogens with zero attached hydrogens (tertiary/aromatic N) is 2. The Bertz CT molecular complexity index is 398. The normalized spacial score (nSPS) is 20.6. The highest BCUT2D eigenvalue weighted by atomic mass is 32.2. The number of rotatable bonds is 10. The number of hydrogen-bond acceptors (Lipinski definition) is 3. The molecule has 0 aromatic rings. The van der Waals surface area contributed by atoms with Gasteiger partial charge in [-0.05, 0) is 44.6 Å². The Hall–Kier alpha value is -0.170. The molecule has 1 atom stereocenters. The van der Waals surface area contributed by atoms with Crippen molar-refractivity contribution in [2.24, 2.45) is 11.8 Å². The van der Waals surface area contributed by atoms with E-state index in [0.717, 1.165) is 32.2 Å². The molecule has 1 fully saturated rings. The summed E-state index contributed by atoms with van der Waals surface area (Å²) in [6, 6.07) is 0.107. The summed E-state index contributed by atoms with van der Waals surface area (Å²) < 4.78 is 29.6. The predicted molar refractivity (Wildman–Crippen MR) is 93.1 cm³/mol. The first-order valence-electron chi connectivity index (χ1n) is 8.70. The Labute approximate surface area is 137 Å². The molecule has 1 unspecified atom stereocenters. The molecule has 0 aromatic heterocycles. The van der Waals surface area contributed by atoms with Gasteiger partial charge >= 0.3 is 0 Å². The van der Waals surface area contributed by atoms with Gasteiger partial charge in [-0.3, -0.25) is 0 Å². The van der Waals surface area contributed by atoms with Crippen molar-refractivity contribution in [2.45, 2.75) is 59.4 Å². The molecule has 1 aliphatic rings. The molecular weight excluding hydrogens is 298 g/mol. The Morgan fingerprint density at radius 2 is 1.68 bits per heavy atom. The summed E-state index contributed by atoms with van der Waals surface area (Å²) in [5, 5.41) is 3.13. The van der Waals surface area contributed by atoms with Crippen LogP contribution in [0.15, 0.2) is 0 Å². The van der Waals surface area contributed by atoms with Crippen LogP contribution in [0.25, 0.3) is 0 Å². The zero-order chi connectivity index (χ0) is 16.8. The van der Waals surface area contributed by atoms with Crippen LogP contribution < -0.4 is 5.32 Å². The summed E-state index contributed by atoms with van der Waals surface area (Å²) >= 11 is 0. The Morgan fingerprint density at radius 3 is 2.14 bits per heavy atom. The van der Waals surface area contributed by atoms with Crippen molar-refractivity contribution in [3.63, 3.8) is 0 Å². The van der Waals surface area contributed by atoms with E-state index in [9.17, 15) is 8.42 Å². The van der Waals surface area contributed by atoms with Crippen LogP contribution in [0.5, 0.6) is 0 Å². The fraction of sp³-hybridized carbons (Fsp3) is 1.00. The van der Waals surface area contributed by atoms with E-state index in [-0.39, 0.29) is 6.04 Å². The highest BCUT2D eigenvalue weighted by Crippen LogP contribution is 2.24. The Balaban J connectivity index is 2.83. The molecule has 22 heavy (non-hydrogen) atoms. The third-order valence-corrected chi connectivity index (χ3v) is 6.39. The van der Waals surface area contributed by atoms with E-state index in [1.807, 2.05) is 7.05 Å². The van der Waals surface area contributed by atoms with Crippen LogP contribution in [-0.2, 0) is 10.2 Å². The van der Waals surface area contributed by atoms with Gasteiger partial charge < -0.3 is 5.32 Å². The molecular formula is C16H35N3O2S. The molecule has 0 bridgehead atoms. The minimum absolute atomic E-state index is 0.107. The summed E-state index contributed by atoms with van der Waals surface area (Å²) in [4.78, 5) is 0. The molecule has 5 nitrogen and oxygen atoms in total. The van der Waals surface area contributed by atoms with Crippen molar-refractivity contribution in [3.8, 4) is 0 Å². The molecule has 1 heterocycles. The number of hydrogen-bond donors (Lipinski definition) is 1. The van der Waals surface area contributed by atoms with E-state index in [4.69, 9.17) is 0 Å². The van der Waals surface area contributed by atoms with Gasteiger partial charge in [0, 0.05) is 32.2 Å². The van der Waals surface area contributed by atoms with Gasteiger partial charge in [-0.2, -0.15) is 17.0 Å². The second kappa shape index (κ2) is 9.21. The average Bonchev–Trinajstić information content (AvgIpc) is 2.87. The first-order valence-corrected chi connectivity index (χ1v) is 10.1. The molecule has 0 saturated carbocycles. The standard InChI is InChI=1S/C16H35N3O2S/c1-14(2)8-11-18(12-9-15(3)4)22(20,21)19-10-6-7-16(19)13-17-5/h14-17H,6-13H2,1-5H3. The second-order valence-electron chi connectivity index (χ2n) is 7.24. The zero-order valence-corrected chi connectivity index (χ0v) is 15.8. The van der Waals surface area contributed by atoms with Crippen LogP contribution in [-0.4, -0.2) is 56.3 Å².